The molecule has 7 nitrogen and oxygen atoms in total. The van der Waals surface area contributed by atoms with Crippen LogP contribution in [0.3, 0.4) is 0 Å². The molecule has 0 saturated carbocycles. The summed E-state index contributed by atoms with van der Waals surface area (Å²) in [5.74, 6) is -0.990. The first kappa shape index (κ1) is 10.2. The van der Waals surface area contributed by atoms with Crippen molar-refractivity contribution in [3.63, 3.8) is 0 Å². The first-order valence-corrected chi connectivity index (χ1v) is 3.90. The van der Waals surface area contributed by atoms with Crippen molar-refractivity contribution in [2.45, 2.75) is 13.0 Å². The highest BCUT2D eigenvalue weighted by molar-refractivity contribution is 5.86. The number of carbonyl (C=O) groups is 2. The van der Waals surface area contributed by atoms with Gasteiger partial charge in [-0.15, -0.1) is 5.10 Å². The second-order valence-corrected chi connectivity index (χ2v) is 2.57. The van der Waals surface area contributed by atoms with Gasteiger partial charge in [-0.3, -0.25) is 9.48 Å². The van der Waals surface area contributed by atoms with E-state index in [0.29, 0.717) is 6.54 Å². The summed E-state index contributed by atoms with van der Waals surface area (Å²) in [7, 11) is 1.25. The summed E-state index contributed by atoms with van der Waals surface area (Å²) >= 11 is 0. The fourth-order valence-corrected chi connectivity index (χ4v) is 0.831. The molecular weight excluding hydrogens is 188 g/mol. The van der Waals surface area contributed by atoms with Gasteiger partial charge in [-0.05, 0) is 0 Å². The number of aromatic nitrogens is 3. The first-order chi connectivity index (χ1) is 6.63. The largest absolute Gasteiger partial charge is 0.464 e. The van der Waals surface area contributed by atoms with E-state index in [1.807, 2.05) is 0 Å². The van der Waals surface area contributed by atoms with E-state index in [1.54, 1.807) is 0 Å². The Balaban J connectivity index is 2.59. The quantitative estimate of drug-likeness (QED) is 0.621. The maximum atomic E-state index is 10.9. The number of esters is 1. The second kappa shape index (κ2) is 4.35. The lowest BCUT2D eigenvalue weighted by Gasteiger charge is -1.94. The minimum Gasteiger partial charge on any atom is -0.464 e. The molecule has 1 heterocycles. The maximum Gasteiger partial charge on any atom is 0.360 e. The number of rotatable bonds is 4. The Hall–Kier alpha value is -1.92. The predicted molar refractivity (Wildman–Crippen MR) is 45.2 cm³/mol. The monoisotopic (exact) mass is 198 g/mol. The van der Waals surface area contributed by atoms with Crippen molar-refractivity contribution in [2.24, 2.45) is 5.73 Å². The summed E-state index contributed by atoms with van der Waals surface area (Å²) in [5, 5.41) is 7.17. The second-order valence-electron chi connectivity index (χ2n) is 2.57. The van der Waals surface area contributed by atoms with Crippen LogP contribution in [-0.4, -0.2) is 34.0 Å². The van der Waals surface area contributed by atoms with Gasteiger partial charge in [0.05, 0.1) is 19.9 Å². The summed E-state index contributed by atoms with van der Waals surface area (Å²) in [4.78, 5) is 21.4. The lowest BCUT2D eigenvalue weighted by atomic mass is 10.4. The molecule has 0 spiro atoms. The topological polar surface area (TPSA) is 100 Å². The molecule has 0 radical (unpaired) electrons. The summed E-state index contributed by atoms with van der Waals surface area (Å²) < 4.78 is 5.79. The number of ether oxygens (including phenoxy) is 1. The number of nitrogens with two attached hydrogens (primary N) is 1. The van der Waals surface area contributed by atoms with Crippen molar-refractivity contribution in [3.05, 3.63) is 11.9 Å². The Morgan fingerprint density at radius 3 is 2.93 bits per heavy atom. The number of methoxy groups -OCH3 is 1. The van der Waals surface area contributed by atoms with E-state index in [2.05, 4.69) is 15.0 Å². The van der Waals surface area contributed by atoms with Crippen molar-refractivity contribution in [3.8, 4) is 0 Å². The highest BCUT2D eigenvalue weighted by Crippen LogP contribution is 1.96. The Kier molecular flexibility index (Phi) is 3.16. The molecule has 0 saturated heterocycles. The molecule has 0 bridgehead atoms. The third-order valence-electron chi connectivity index (χ3n) is 1.52. The van der Waals surface area contributed by atoms with Crippen LogP contribution < -0.4 is 5.73 Å². The minimum atomic E-state index is -0.560. The van der Waals surface area contributed by atoms with Gasteiger partial charge >= 0.3 is 5.97 Å². The molecule has 14 heavy (non-hydrogen) atoms. The average molecular weight is 198 g/mol. The van der Waals surface area contributed by atoms with Crippen LogP contribution in [0.5, 0.6) is 0 Å². The van der Waals surface area contributed by atoms with Gasteiger partial charge in [0.2, 0.25) is 5.91 Å². The number of aryl methyl sites for hydroxylation is 1. The van der Waals surface area contributed by atoms with Gasteiger partial charge in [0, 0.05) is 6.42 Å². The van der Waals surface area contributed by atoms with E-state index in [-0.39, 0.29) is 12.1 Å². The Bertz CT molecular complexity index is 346. The van der Waals surface area contributed by atoms with Crippen LogP contribution in [0, 0.1) is 0 Å². The number of primary amides is 1. The number of amides is 1. The third kappa shape index (κ3) is 2.54. The molecule has 1 rings (SSSR count). The molecular formula is C7H10N4O3. The van der Waals surface area contributed by atoms with Gasteiger partial charge in [-0.1, -0.05) is 5.21 Å². The molecule has 7 heteroatoms. The van der Waals surface area contributed by atoms with Crippen molar-refractivity contribution < 1.29 is 14.3 Å². The highest BCUT2D eigenvalue weighted by Gasteiger charge is 2.10. The van der Waals surface area contributed by atoms with E-state index in [0.717, 1.165) is 0 Å². The van der Waals surface area contributed by atoms with Crippen molar-refractivity contribution in [2.75, 3.05) is 7.11 Å². The third-order valence-corrected chi connectivity index (χ3v) is 1.52. The molecule has 0 aromatic carbocycles. The maximum absolute atomic E-state index is 10.9. The van der Waals surface area contributed by atoms with Crippen LogP contribution in [0.2, 0.25) is 0 Å². The fraction of sp³-hybridized carbons (Fsp3) is 0.429. The van der Waals surface area contributed by atoms with Crippen molar-refractivity contribution in [1.29, 1.82) is 0 Å². The molecule has 2 N–H and O–H groups in total. The average Bonchev–Trinajstić information content (AvgIpc) is 2.62. The highest BCUT2D eigenvalue weighted by atomic mass is 16.5. The van der Waals surface area contributed by atoms with Gasteiger partial charge in [-0.2, -0.15) is 0 Å². The van der Waals surface area contributed by atoms with Gasteiger partial charge < -0.3 is 10.5 Å². The van der Waals surface area contributed by atoms with E-state index in [1.165, 1.54) is 18.0 Å². The lowest BCUT2D eigenvalue weighted by Crippen LogP contribution is -2.14. The number of hydrogen-bond donors (Lipinski definition) is 1. The van der Waals surface area contributed by atoms with Crippen LogP contribution in [0.25, 0.3) is 0 Å². The van der Waals surface area contributed by atoms with E-state index in [4.69, 9.17) is 5.73 Å². The summed E-state index contributed by atoms with van der Waals surface area (Å²) in [6, 6.07) is 0. The van der Waals surface area contributed by atoms with Crippen LogP contribution in [-0.2, 0) is 16.1 Å². The van der Waals surface area contributed by atoms with Crippen molar-refractivity contribution >= 4 is 11.9 Å². The van der Waals surface area contributed by atoms with E-state index < -0.39 is 11.9 Å². The molecule has 0 atom stereocenters. The van der Waals surface area contributed by atoms with Gasteiger partial charge in [-0.25, -0.2) is 4.79 Å². The molecule has 0 aliphatic carbocycles. The standard InChI is InChI=1S/C7H10N4O3/c1-14-7(13)5-4-11(10-9-5)3-2-6(8)12/h4H,2-3H2,1H3,(H2,8,12). The van der Waals surface area contributed by atoms with E-state index >= 15 is 0 Å². The minimum absolute atomic E-state index is 0.108. The first-order valence-electron chi connectivity index (χ1n) is 3.90. The fourth-order valence-electron chi connectivity index (χ4n) is 0.831. The molecule has 0 aliphatic heterocycles. The van der Waals surface area contributed by atoms with E-state index in [9.17, 15) is 9.59 Å². The zero-order valence-corrected chi connectivity index (χ0v) is 7.64. The predicted octanol–water partition coefficient (Wildman–Crippen LogP) is -1.06. The molecule has 0 fully saturated rings. The summed E-state index contributed by atoms with van der Waals surface area (Å²) in [6.07, 6.45) is 1.55. The number of hydrogen-bond acceptors (Lipinski definition) is 5. The Morgan fingerprint density at radius 1 is 1.64 bits per heavy atom. The summed E-state index contributed by atoms with van der Waals surface area (Å²) in [5.41, 5.74) is 5.05. The van der Waals surface area contributed by atoms with Crippen LogP contribution >= 0.6 is 0 Å². The number of carbonyl (C=O) groups excluding carboxylic acids is 2. The number of nitrogens with zero attached hydrogens (tertiary/aromatic N) is 3. The smallest absolute Gasteiger partial charge is 0.360 e. The lowest BCUT2D eigenvalue weighted by molar-refractivity contribution is -0.118. The van der Waals surface area contributed by atoms with Crippen LogP contribution in [0.4, 0.5) is 0 Å². The van der Waals surface area contributed by atoms with Crippen molar-refractivity contribution in [1.82, 2.24) is 15.0 Å². The molecule has 0 unspecified atom stereocenters. The molecule has 1 aromatic heterocycles. The van der Waals surface area contributed by atoms with Gasteiger partial charge in [0.1, 0.15) is 0 Å². The molecule has 76 valence electrons. The zero-order valence-electron chi connectivity index (χ0n) is 7.64. The normalized spacial score (nSPS) is 9.79. The van der Waals surface area contributed by atoms with Gasteiger partial charge in [0.25, 0.3) is 0 Å². The van der Waals surface area contributed by atoms with Crippen LogP contribution in [0.1, 0.15) is 16.9 Å². The zero-order chi connectivity index (χ0) is 10.6. The van der Waals surface area contributed by atoms with Gasteiger partial charge in [0.15, 0.2) is 5.69 Å². The molecule has 0 aliphatic rings. The Labute approximate surface area is 79.8 Å². The molecule has 1 aromatic rings. The summed E-state index contributed by atoms with van der Waals surface area (Å²) in [6.45, 7) is 0.305. The SMILES string of the molecule is COC(=O)c1cn(CCC(N)=O)nn1. The Morgan fingerprint density at radius 2 is 2.36 bits per heavy atom. The molecule has 1 amide bonds. The van der Waals surface area contributed by atoms with Crippen LogP contribution in [0.15, 0.2) is 6.20 Å².